The summed E-state index contributed by atoms with van der Waals surface area (Å²) < 4.78 is 12.9. The average molecular weight is 469 g/mol. The first kappa shape index (κ1) is 23.3. The topological polar surface area (TPSA) is 55.8 Å². The first-order valence-corrected chi connectivity index (χ1v) is 13.7. The quantitative estimate of drug-likeness (QED) is 0.471. The van der Waals surface area contributed by atoms with Crippen LogP contribution in [0.1, 0.15) is 99.8 Å². The Kier molecular flexibility index (Phi) is 4.51. The van der Waals surface area contributed by atoms with Crippen LogP contribution in [0.5, 0.6) is 0 Å². The number of aliphatic hydroxyl groups is 1. The van der Waals surface area contributed by atoms with Gasteiger partial charge < -0.3 is 14.6 Å². The zero-order valence-corrected chi connectivity index (χ0v) is 22.3. The number of cyclic esters (lactones) is 1. The largest absolute Gasteiger partial charge is 0.456 e. The summed E-state index contributed by atoms with van der Waals surface area (Å²) in [5.41, 5.74) is 1.45. The lowest BCUT2D eigenvalue weighted by atomic mass is 9.44. The van der Waals surface area contributed by atoms with Gasteiger partial charge in [0.1, 0.15) is 5.60 Å². The Morgan fingerprint density at radius 1 is 0.882 bits per heavy atom. The molecule has 8 atom stereocenters. The Labute approximate surface area is 205 Å². The Morgan fingerprint density at radius 3 is 2.29 bits per heavy atom. The summed E-state index contributed by atoms with van der Waals surface area (Å²) in [4.78, 5) is 14.0. The van der Waals surface area contributed by atoms with Crippen LogP contribution in [0.2, 0.25) is 0 Å². The van der Waals surface area contributed by atoms with Crippen molar-refractivity contribution in [2.75, 3.05) is 0 Å². The molecule has 0 aromatic heterocycles. The molecule has 0 aromatic rings. The van der Waals surface area contributed by atoms with Crippen molar-refractivity contribution in [1.82, 2.24) is 0 Å². The lowest BCUT2D eigenvalue weighted by Gasteiger charge is -2.60. The van der Waals surface area contributed by atoms with Gasteiger partial charge in [0.15, 0.2) is 0 Å². The van der Waals surface area contributed by atoms with Crippen LogP contribution < -0.4 is 0 Å². The fourth-order valence-corrected chi connectivity index (χ4v) is 10.00. The van der Waals surface area contributed by atoms with E-state index in [-0.39, 0.29) is 45.9 Å². The molecular formula is C30H44O4. The van der Waals surface area contributed by atoms with Gasteiger partial charge in [0, 0.05) is 11.3 Å². The van der Waals surface area contributed by atoms with Gasteiger partial charge >= 0.3 is 5.97 Å². The third kappa shape index (κ3) is 2.50. The summed E-state index contributed by atoms with van der Waals surface area (Å²) in [5.74, 6) is 0.616. The summed E-state index contributed by atoms with van der Waals surface area (Å²) in [7, 11) is 0. The highest BCUT2D eigenvalue weighted by atomic mass is 16.6. The third-order valence-corrected chi connectivity index (χ3v) is 12.1. The summed E-state index contributed by atoms with van der Waals surface area (Å²) in [6.07, 6.45) is 12.3. The summed E-state index contributed by atoms with van der Waals surface area (Å²) in [6, 6.07) is 0. The zero-order chi connectivity index (χ0) is 24.5. The minimum Gasteiger partial charge on any atom is -0.456 e. The molecule has 6 aliphatic rings. The van der Waals surface area contributed by atoms with Gasteiger partial charge in [-0.05, 0) is 100 Å². The maximum absolute atomic E-state index is 14.0. The lowest BCUT2D eigenvalue weighted by molar-refractivity contribution is -0.171. The van der Waals surface area contributed by atoms with Crippen LogP contribution in [-0.4, -0.2) is 34.5 Å². The Hall–Kier alpha value is -1.13. The summed E-state index contributed by atoms with van der Waals surface area (Å²) in [5, 5.41) is 10.8. The van der Waals surface area contributed by atoms with E-state index in [2.05, 4.69) is 60.6 Å². The molecule has 0 amide bonds. The highest BCUT2D eigenvalue weighted by molar-refractivity contribution is 5.85. The number of hydrogen-bond acceptors (Lipinski definition) is 4. The first-order valence-electron chi connectivity index (χ1n) is 13.7. The maximum Gasteiger partial charge on any atom is 0.314 e. The second kappa shape index (κ2) is 6.59. The van der Waals surface area contributed by atoms with E-state index in [1.807, 2.05) is 0 Å². The van der Waals surface area contributed by atoms with E-state index in [9.17, 15) is 9.90 Å². The van der Waals surface area contributed by atoms with E-state index in [1.165, 1.54) is 11.1 Å². The third-order valence-electron chi connectivity index (χ3n) is 12.1. The molecule has 4 fully saturated rings. The molecule has 0 radical (unpaired) electrons. The van der Waals surface area contributed by atoms with Gasteiger partial charge in [-0.15, -0.1) is 0 Å². The number of ether oxygens (including phenoxy) is 2. The predicted octanol–water partition coefficient (Wildman–Crippen LogP) is 6.13. The van der Waals surface area contributed by atoms with Gasteiger partial charge in [-0.3, -0.25) is 4.79 Å². The van der Waals surface area contributed by atoms with E-state index in [0.717, 1.165) is 51.4 Å². The van der Waals surface area contributed by atoms with Gasteiger partial charge in [0.2, 0.25) is 0 Å². The normalized spacial score (nSPS) is 52.6. The molecule has 2 unspecified atom stereocenters. The van der Waals surface area contributed by atoms with Crippen molar-refractivity contribution >= 4 is 5.97 Å². The van der Waals surface area contributed by atoms with Crippen LogP contribution >= 0.6 is 0 Å². The highest BCUT2D eigenvalue weighted by Crippen LogP contribution is 2.75. The fraction of sp³-hybridized carbons (Fsp3) is 0.833. The number of rotatable bonds is 1. The van der Waals surface area contributed by atoms with Crippen LogP contribution in [0.4, 0.5) is 0 Å². The van der Waals surface area contributed by atoms with E-state index in [4.69, 9.17) is 9.47 Å². The number of fused-ring (bicyclic) bond motifs is 4. The first-order chi connectivity index (χ1) is 15.7. The van der Waals surface area contributed by atoms with Crippen LogP contribution in [0.15, 0.2) is 23.3 Å². The van der Waals surface area contributed by atoms with Crippen molar-refractivity contribution in [3.63, 3.8) is 0 Å². The Bertz CT molecular complexity index is 1010. The molecule has 2 saturated heterocycles. The molecule has 4 nitrogen and oxygen atoms in total. The average Bonchev–Trinajstić information content (AvgIpc) is 3.35. The van der Waals surface area contributed by atoms with Crippen molar-refractivity contribution < 1.29 is 19.4 Å². The van der Waals surface area contributed by atoms with Gasteiger partial charge in [-0.25, -0.2) is 0 Å². The maximum atomic E-state index is 14.0. The van der Waals surface area contributed by atoms with E-state index in [1.54, 1.807) is 0 Å². The molecule has 1 N–H and O–H groups in total. The standard InChI is InChI=1S/C30H44O4/c1-25(2)14-13-23(33-25)29(7)21-11-16-28(6)19-8-9-20-26(3,4)22(31)12-15-27(20,5)18(19)10-17-30(21,28)24(32)34-29/h8,10,20-23,31H,9,11-17H2,1-7H3/t20?,21-,22+,23?,27-,28+,29+,30-/m1/s1. The Morgan fingerprint density at radius 2 is 1.62 bits per heavy atom. The minimum absolute atomic E-state index is 0.0104. The molecule has 2 heterocycles. The van der Waals surface area contributed by atoms with Gasteiger partial charge in [0.05, 0.1) is 23.2 Å². The van der Waals surface area contributed by atoms with Crippen molar-refractivity contribution in [1.29, 1.82) is 0 Å². The number of hydrogen-bond donors (Lipinski definition) is 1. The highest BCUT2D eigenvalue weighted by Gasteiger charge is 2.76. The molecule has 6 rings (SSSR count). The molecule has 0 aromatic carbocycles. The molecule has 0 bridgehead atoms. The predicted molar refractivity (Wildman–Crippen MR) is 132 cm³/mol. The lowest BCUT2D eigenvalue weighted by Crippen LogP contribution is -2.55. The number of carbonyl (C=O) groups excluding carboxylic acids is 1. The van der Waals surface area contributed by atoms with Crippen LogP contribution in [0, 0.1) is 33.5 Å². The van der Waals surface area contributed by atoms with Gasteiger partial charge in [-0.2, -0.15) is 0 Å². The summed E-state index contributed by atoms with van der Waals surface area (Å²) >= 11 is 0. The summed E-state index contributed by atoms with van der Waals surface area (Å²) in [6.45, 7) is 15.8. The van der Waals surface area contributed by atoms with Crippen molar-refractivity contribution in [3.8, 4) is 0 Å². The Balaban J connectivity index is 1.43. The van der Waals surface area contributed by atoms with E-state index < -0.39 is 11.0 Å². The van der Waals surface area contributed by atoms with Crippen LogP contribution in [-0.2, 0) is 14.3 Å². The van der Waals surface area contributed by atoms with Crippen molar-refractivity contribution in [3.05, 3.63) is 23.3 Å². The van der Waals surface area contributed by atoms with E-state index in [0.29, 0.717) is 5.92 Å². The molecule has 1 spiro atoms. The van der Waals surface area contributed by atoms with Crippen LogP contribution in [0.25, 0.3) is 0 Å². The van der Waals surface area contributed by atoms with E-state index >= 15 is 0 Å². The number of esters is 1. The molecule has 4 aliphatic carbocycles. The van der Waals surface area contributed by atoms with Crippen molar-refractivity contribution in [2.45, 2.75) is 123 Å². The smallest absolute Gasteiger partial charge is 0.314 e. The van der Waals surface area contributed by atoms with Gasteiger partial charge in [-0.1, -0.05) is 39.8 Å². The molecule has 2 saturated carbocycles. The fourth-order valence-electron chi connectivity index (χ4n) is 10.00. The molecule has 188 valence electrons. The zero-order valence-electron chi connectivity index (χ0n) is 22.3. The molecule has 4 heteroatoms. The monoisotopic (exact) mass is 468 g/mol. The molecular weight excluding hydrogens is 424 g/mol. The molecule has 2 aliphatic heterocycles. The SMILES string of the molecule is CC1(C)CCC([C@@]2(C)OC(=O)[C@]34CC=C5C(=CCC6C(C)(C)[C@@H](O)CC[C@]56C)[C@]3(C)CC[C@@H]42)O1. The van der Waals surface area contributed by atoms with Gasteiger partial charge in [0.25, 0.3) is 0 Å². The number of aliphatic hydroxyl groups excluding tert-OH is 1. The van der Waals surface area contributed by atoms with Crippen molar-refractivity contribution in [2.24, 2.45) is 33.5 Å². The second-order valence-corrected chi connectivity index (χ2v) is 14.4. The number of allylic oxidation sites excluding steroid dienone is 4. The second-order valence-electron chi connectivity index (χ2n) is 14.4. The van der Waals surface area contributed by atoms with Crippen LogP contribution in [0.3, 0.4) is 0 Å². The molecule has 34 heavy (non-hydrogen) atoms. The minimum atomic E-state index is -0.549. The number of carbonyl (C=O) groups is 1.